The molecule has 2 fully saturated rings. The molecular formula is C67H79LiN8O11. The number of amides is 4. The largest absolute Gasteiger partial charge is 1.00 e. The van der Waals surface area contributed by atoms with E-state index in [1.165, 1.54) is 16.9 Å². The molecule has 2 unspecified atom stereocenters. The van der Waals surface area contributed by atoms with Crippen molar-refractivity contribution in [1.29, 1.82) is 0 Å². The van der Waals surface area contributed by atoms with Crippen LogP contribution in [0.2, 0.25) is 0 Å². The summed E-state index contributed by atoms with van der Waals surface area (Å²) in [5.41, 5.74) is 7.62. The van der Waals surface area contributed by atoms with Gasteiger partial charge in [0.05, 0.1) is 43.2 Å². The Labute approximate surface area is 521 Å². The number of methoxy groups -OCH3 is 1. The first-order valence-electron chi connectivity index (χ1n) is 29.5. The average Bonchev–Trinajstić information content (AvgIpc) is 1.96. The quantitative estimate of drug-likeness (QED) is 0.109. The number of alkyl carbamates (subject to hydrolysis) is 2. The summed E-state index contributed by atoms with van der Waals surface area (Å²) in [4.78, 5) is 102. The molecule has 2 saturated heterocycles. The third-order valence-corrected chi connectivity index (χ3v) is 16.1. The van der Waals surface area contributed by atoms with Crippen LogP contribution in [0.5, 0.6) is 0 Å². The van der Waals surface area contributed by atoms with Gasteiger partial charge in [-0.05, 0) is 85.5 Å². The van der Waals surface area contributed by atoms with Crippen LogP contribution in [0.25, 0.3) is 12.2 Å². The van der Waals surface area contributed by atoms with Crippen molar-refractivity contribution in [3.05, 3.63) is 155 Å². The number of rotatable bonds is 4. The van der Waals surface area contributed by atoms with E-state index < -0.39 is 77.4 Å². The summed E-state index contributed by atoms with van der Waals surface area (Å²) in [5.74, 6) is -2.94. The Balaban J connectivity index is 0.000000243. The molecule has 87 heavy (non-hydrogen) atoms. The zero-order valence-electron chi connectivity index (χ0n) is 51.1. The Morgan fingerprint density at radius 3 is 1.32 bits per heavy atom. The SMILES string of the molecule is CC(C)(C)[C@@H]1NC(=O)OCCCC/C=C/c2cccc(c2)C2=NC(N=C2c2ccccc2)[C@@H]2C[C@@H](C(=O)O)N(C2)C1=O.COC(=O)[C@@H]1C[C@@H]2CN1C(=O)[C@H](C(C)(C)C)NC(=O)OCCCC/C=C/c1cccc(c1)C1=NC2N=C1c1ccccc1.[Li+].[OH-]. The minimum absolute atomic E-state index is 0. The van der Waals surface area contributed by atoms with E-state index in [1.807, 2.05) is 133 Å². The maximum atomic E-state index is 14.1. The first-order valence-corrected chi connectivity index (χ1v) is 29.5. The van der Waals surface area contributed by atoms with Crippen LogP contribution in [-0.4, -0.2) is 149 Å². The van der Waals surface area contributed by atoms with Crippen molar-refractivity contribution in [1.82, 2.24) is 20.4 Å². The molecule has 0 aromatic heterocycles. The second-order valence-electron chi connectivity index (χ2n) is 24.5. The Morgan fingerprint density at radius 1 is 0.552 bits per heavy atom. The third kappa shape index (κ3) is 16.4. The van der Waals surface area contributed by atoms with Crippen molar-refractivity contribution in [2.75, 3.05) is 33.4 Å². The van der Waals surface area contributed by atoms with E-state index in [4.69, 9.17) is 34.2 Å². The molecule has 4 amide bonds. The van der Waals surface area contributed by atoms with E-state index in [1.54, 1.807) is 0 Å². The van der Waals surface area contributed by atoms with Gasteiger partial charge in [0.1, 0.15) is 36.5 Å². The van der Waals surface area contributed by atoms with Gasteiger partial charge in [-0.1, -0.05) is 163 Å². The first kappa shape index (κ1) is 66.5. The summed E-state index contributed by atoms with van der Waals surface area (Å²) < 4.78 is 15.9. The number of ether oxygens (including phenoxy) is 3. The third-order valence-electron chi connectivity index (χ3n) is 16.1. The maximum Gasteiger partial charge on any atom is 1.00 e. The van der Waals surface area contributed by atoms with E-state index in [0.717, 1.165) is 81.9 Å². The van der Waals surface area contributed by atoms with Gasteiger partial charge in [0, 0.05) is 47.2 Å². The fraction of sp³-hybridized carbons (Fsp3) is 0.433. The average molecular weight is 1180 g/mol. The topological polar surface area (TPSA) is 260 Å². The molecule has 10 rings (SSSR count). The number of fused-ring (bicyclic) bond motifs is 14. The number of cyclic esters (lactones) is 2. The fourth-order valence-electron chi connectivity index (χ4n) is 11.6. The van der Waals surface area contributed by atoms with Crippen LogP contribution in [0, 0.1) is 22.7 Å². The molecule has 6 heterocycles. The molecule has 6 aliphatic rings. The zero-order valence-corrected chi connectivity index (χ0v) is 51.1. The van der Waals surface area contributed by atoms with Gasteiger partial charge in [-0.3, -0.25) is 29.6 Å². The predicted molar refractivity (Wildman–Crippen MR) is 330 cm³/mol. The van der Waals surface area contributed by atoms with Gasteiger partial charge < -0.3 is 45.2 Å². The molecule has 8 atom stereocenters. The molecule has 0 saturated carbocycles. The smallest absolute Gasteiger partial charge is 0.870 e. The second-order valence-corrected chi connectivity index (χ2v) is 24.5. The van der Waals surface area contributed by atoms with Gasteiger partial charge in [-0.25, -0.2) is 19.2 Å². The molecular weight excluding hydrogens is 1100 g/mol. The number of carbonyl (C=O) groups excluding carboxylic acids is 5. The molecule has 19 nitrogen and oxygen atoms in total. The monoisotopic (exact) mass is 1180 g/mol. The van der Waals surface area contributed by atoms with E-state index in [9.17, 15) is 33.9 Å². The van der Waals surface area contributed by atoms with Crippen molar-refractivity contribution in [3.8, 4) is 0 Å². The van der Waals surface area contributed by atoms with Crippen molar-refractivity contribution in [2.45, 2.75) is 129 Å². The summed E-state index contributed by atoms with van der Waals surface area (Å²) in [6.07, 6.45) is 11.3. The molecule has 0 radical (unpaired) electrons. The molecule has 454 valence electrons. The fourth-order valence-corrected chi connectivity index (χ4v) is 11.6. The number of hydrogen-bond donors (Lipinski definition) is 3. The number of aliphatic imine (C=N–C) groups is 4. The summed E-state index contributed by atoms with van der Waals surface area (Å²) in [6.45, 7) is 12.0. The normalized spacial score (nSPS) is 25.2. The summed E-state index contributed by atoms with van der Waals surface area (Å²) in [7, 11) is 1.32. The minimum atomic E-state index is -1.09. The van der Waals surface area contributed by atoms with E-state index >= 15 is 0 Å². The number of benzene rings is 4. The van der Waals surface area contributed by atoms with Crippen LogP contribution in [-0.2, 0) is 33.4 Å². The van der Waals surface area contributed by atoms with Crippen LogP contribution < -0.4 is 29.5 Å². The molecule has 4 N–H and O–H groups in total. The molecule has 12 bridgehead atoms. The molecule has 0 aliphatic carbocycles. The molecule has 4 aromatic carbocycles. The van der Waals surface area contributed by atoms with Gasteiger partial charge in [-0.2, -0.15) is 0 Å². The number of esters is 1. The van der Waals surface area contributed by atoms with Crippen molar-refractivity contribution >= 4 is 70.9 Å². The van der Waals surface area contributed by atoms with E-state index in [-0.39, 0.29) is 74.8 Å². The number of carbonyl (C=O) groups is 6. The Bertz CT molecular complexity index is 3310. The summed E-state index contributed by atoms with van der Waals surface area (Å²) >= 11 is 0. The predicted octanol–water partition coefficient (Wildman–Crippen LogP) is 6.80. The second kappa shape index (κ2) is 29.6. The minimum Gasteiger partial charge on any atom is -0.870 e. The van der Waals surface area contributed by atoms with Gasteiger partial charge in [-0.15, -0.1) is 0 Å². The van der Waals surface area contributed by atoms with Crippen LogP contribution in [0.3, 0.4) is 0 Å². The van der Waals surface area contributed by atoms with Crippen molar-refractivity contribution < 1.29 is 72.4 Å². The number of nitrogens with zero attached hydrogens (tertiary/aromatic N) is 6. The Hall–Kier alpha value is -7.98. The van der Waals surface area contributed by atoms with Crippen LogP contribution in [0.4, 0.5) is 9.59 Å². The number of allylic oxidation sites excluding steroid dienone is 2. The Kier molecular flexibility index (Phi) is 22.6. The molecule has 6 aliphatic heterocycles. The van der Waals surface area contributed by atoms with E-state index in [0.29, 0.717) is 19.3 Å². The van der Waals surface area contributed by atoms with Crippen LogP contribution in [0.1, 0.15) is 126 Å². The van der Waals surface area contributed by atoms with Gasteiger partial charge in [0.15, 0.2) is 0 Å². The van der Waals surface area contributed by atoms with Gasteiger partial charge in [0.25, 0.3) is 0 Å². The first-order chi connectivity index (χ1) is 40.8. The number of aliphatic carboxylic acids is 1. The van der Waals surface area contributed by atoms with Gasteiger partial charge >= 0.3 is 43.0 Å². The number of carboxylic acids is 1. The van der Waals surface area contributed by atoms with Crippen LogP contribution >= 0.6 is 0 Å². The zero-order chi connectivity index (χ0) is 60.4. The summed E-state index contributed by atoms with van der Waals surface area (Å²) in [6, 6.07) is 32.4. The molecule has 0 spiro atoms. The summed E-state index contributed by atoms with van der Waals surface area (Å²) in [5, 5.41) is 15.6. The molecule has 4 aromatic rings. The molecule has 20 heteroatoms. The number of hydrogen-bond acceptors (Lipinski definition) is 14. The van der Waals surface area contributed by atoms with Gasteiger partial charge in [0.2, 0.25) is 11.8 Å². The van der Waals surface area contributed by atoms with Crippen molar-refractivity contribution in [2.24, 2.45) is 42.6 Å². The Morgan fingerprint density at radius 2 is 0.931 bits per heavy atom. The standard InChI is InChI=1S/C34H40N4O5.C33H38N4O5.Li.H2O/c1-34(2,3)29-31(39)38-21-25(20-26(38)32(40)42-4)30-35-27(23-15-9-7-10-16-23)28(36-30)24-17-12-14-22(19-24)13-8-5-6-11-18-43-33(41)37-29;1-33(2,3)28-30(38)37-20-24(19-25(37)31(39)40)29-34-26(22-14-8-6-9-15-22)27(35-29)23-16-11-13-21(18-23)12-7-4-5-10-17-42-32(41)36-28;;/h7-10,12-17,19,25-26,29-30H,5-6,11,18,20-21H2,1-4H3,(H,37,41);6-9,11-16,18,24-25,28-29H,4-5,10,17,19-20H2,1-3H3,(H,36,41)(H,39,40);;1H2/q;;+1;/p-1/b13-8+;12-7+;;/t25-,26+,29-,30?;24-,25+,28-,29?;;/m11../s1. The number of carboxylic acid groups (broad SMARTS) is 1. The van der Waals surface area contributed by atoms with Crippen molar-refractivity contribution in [3.63, 3.8) is 0 Å². The number of nitrogens with one attached hydrogen (secondary N) is 2. The van der Waals surface area contributed by atoms with Crippen LogP contribution in [0.15, 0.2) is 141 Å². The van der Waals surface area contributed by atoms with E-state index in [2.05, 4.69) is 53.1 Å². The maximum absolute atomic E-state index is 14.1.